The lowest BCUT2D eigenvalue weighted by molar-refractivity contribution is -0.126. The third kappa shape index (κ3) is 3.34. The van der Waals surface area contributed by atoms with Gasteiger partial charge in [0.25, 0.3) is 0 Å². The van der Waals surface area contributed by atoms with Gasteiger partial charge in [-0.2, -0.15) is 0 Å². The van der Waals surface area contributed by atoms with Crippen molar-refractivity contribution in [2.75, 3.05) is 26.7 Å². The van der Waals surface area contributed by atoms with Crippen LogP contribution < -0.4 is 5.32 Å². The predicted molar refractivity (Wildman–Crippen MR) is 62.7 cm³/mol. The van der Waals surface area contributed by atoms with Gasteiger partial charge >= 0.3 is 0 Å². The maximum Gasteiger partial charge on any atom is 0.249 e. The van der Waals surface area contributed by atoms with Crippen LogP contribution in [0.3, 0.4) is 0 Å². The molecule has 0 aromatic heterocycles. The lowest BCUT2D eigenvalue weighted by Crippen LogP contribution is -2.38. The number of nitrogens with zero attached hydrogens (tertiary/aromatic N) is 1. The van der Waals surface area contributed by atoms with E-state index in [1.54, 1.807) is 0 Å². The number of likely N-dealkylation sites (N-methyl/N-ethyl adjacent to an activating group) is 1. The molecule has 86 valence electrons. The Labute approximate surface area is 92.5 Å². The molecule has 0 saturated carbocycles. The second-order valence-electron chi connectivity index (χ2n) is 4.74. The van der Waals surface area contributed by atoms with E-state index in [0.29, 0.717) is 5.92 Å². The van der Waals surface area contributed by atoms with Crippen LogP contribution in [0.5, 0.6) is 0 Å². The van der Waals surface area contributed by atoms with Gasteiger partial charge in [0.1, 0.15) is 0 Å². The average molecular weight is 210 g/mol. The van der Waals surface area contributed by atoms with Crippen LogP contribution in [-0.4, -0.2) is 37.5 Å². The summed E-state index contributed by atoms with van der Waals surface area (Å²) < 4.78 is 0. The van der Waals surface area contributed by atoms with Gasteiger partial charge in [0.05, 0.1) is 0 Å². The van der Waals surface area contributed by atoms with E-state index in [1.165, 1.54) is 5.57 Å². The Kier molecular flexibility index (Phi) is 4.33. The number of amides is 1. The maximum absolute atomic E-state index is 11.9. The fourth-order valence-electron chi connectivity index (χ4n) is 1.51. The van der Waals surface area contributed by atoms with E-state index in [1.807, 2.05) is 18.9 Å². The molecular formula is C12H22N2O. The number of carbonyl (C=O) groups is 1. The predicted octanol–water partition coefficient (Wildman–Crippen LogP) is 1.41. The lowest BCUT2D eigenvalue weighted by atomic mass is 10.0. The minimum atomic E-state index is 0.187. The lowest BCUT2D eigenvalue weighted by Gasteiger charge is -2.25. The summed E-state index contributed by atoms with van der Waals surface area (Å²) in [6.45, 7) is 8.92. The van der Waals surface area contributed by atoms with Crippen molar-refractivity contribution >= 4 is 5.91 Å². The molecule has 1 fully saturated rings. The monoisotopic (exact) mass is 210 g/mol. The summed E-state index contributed by atoms with van der Waals surface area (Å²) in [4.78, 5) is 13.8. The summed E-state index contributed by atoms with van der Waals surface area (Å²) in [6, 6.07) is 0. The van der Waals surface area contributed by atoms with Gasteiger partial charge in [0.2, 0.25) is 5.91 Å². The van der Waals surface area contributed by atoms with Crippen molar-refractivity contribution in [1.29, 1.82) is 0 Å². The highest BCUT2D eigenvalue weighted by molar-refractivity contribution is 5.93. The van der Waals surface area contributed by atoms with Crippen molar-refractivity contribution in [2.45, 2.75) is 27.2 Å². The minimum absolute atomic E-state index is 0.187. The molecule has 1 aliphatic heterocycles. The van der Waals surface area contributed by atoms with Crippen LogP contribution in [-0.2, 0) is 4.79 Å². The Morgan fingerprint density at radius 3 is 2.47 bits per heavy atom. The Balaban J connectivity index is 2.45. The van der Waals surface area contributed by atoms with Gasteiger partial charge in [0, 0.05) is 32.3 Å². The first-order chi connectivity index (χ1) is 7.02. The number of hydrogen-bond acceptors (Lipinski definition) is 2. The van der Waals surface area contributed by atoms with Crippen LogP contribution in [0.4, 0.5) is 0 Å². The highest BCUT2D eigenvalue weighted by Crippen LogP contribution is 2.12. The van der Waals surface area contributed by atoms with Gasteiger partial charge < -0.3 is 10.2 Å². The second kappa shape index (κ2) is 5.31. The van der Waals surface area contributed by atoms with E-state index in [0.717, 1.165) is 31.6 Å². The highest BCUT2D eigenvalue weighted by Gasteiger charge is 2.18. The third-order valence-corrected chi connectivity index (χ3v) is 2.92. The summed E-state index contributed by atoms with van der Waals surface area (Å²) in [6.07, 6.45) is 1.07. The largest absolute Gasteiger partial charge is 0.342 e. The normalized spacial score (nSPS) is 15.1. The van der Waals surface area contributed by atoms with Gasteiger partial charge in [-0.15, -0.1) is 0 Å². The second-order valence-corrected chi connectivity index (χ2v) is 4.74. The molecule has 1 N–H and O–H groups in total. The molecule has 3 heteroatoms. The molecular weight excluding hydrogens is 188 g/mol. The zero-order valence-corrected chi connectivity index (χ0v) is 10.3. The summed E-state index contributed by atoms with van der Waals surface area (Å²) in [5.41, 5.74) is 2.19. The van der Waals surface area contributed by atoms with Crippen molar-refractivity contribution in [3.05, 3.63) is 11.1 Å². The van der Waals surface area contributed by atoms with E-state index in [2.05, 4.69) is 19.2 Å². The summed E-state index contributed by atoms with van der Waals surface area (Å²) in [5.74, 6) is 0.839. The first-order valence-electron chi connectivity index (χ1n) is 5.67. The molecule has 0 aromatic rings. The van der Waals surface area contributed by atoms with Gasteiger partial charge in [-0.3, -0.25) is 4.79 Å². The third-order valence-electron chi connectivity index (χ3n) is 2.92. The zero-order valence-electron chi connectivity index (χ0n) is 10.3. The molecule has 0 bridgehead atoms. The first kappa shape index (κ1) is 12.2. The number of hydrogen-bond donors (Lipinski definition) is 1. The van der Waals surface area contributed by atoms with E-state index >= 15 is 0 Å². The average Bonchev–Trinajstić information content (AvgIpc) is 2.09. The van der Waals surface area contributed by atoms with Crippen molar-refractivity contribution < 1.29 is 4.79 Å². The number of nitrogens with one attached hydrogen (secondary N) is 1. The molecule has 3 nitrogen and oxygen atoms in total. The molecule has 1 amide bonds. The molecule has 1 saturated heterocycles. The molecule has 0 atom stereocenters. The van der Waals surface area contributed by atoms with Crippen LogP contribution >= 0.6 is 0 Å². The van der Waals surface area contributed by atoms with Crippen molar-refractivity contribution in [1.82, 2.24) is 10.2 Å². The SMILES string of the molecule is CC(C(=O)N(C)CCC(C)C)=C1CNC1. The van der Waals surface area contributed by atoms with Crippen LogP contribution in [0.2, 0.25) is 0 Å². The number of carbonyl (C=O) groups excluding carboxylic acids is 1. The minimum Gasteiger partial charge on any atom is -0.342 e. The molecule has 0 spiro atoms. The van der Waals surface area contributed by atoms with Gasteiger partial charge in [-0.25, -0.2) is 0 Å². The molecule has 1 aliphatic rings. The Morgan fingerprint density at radius 1 is 1.47 bits per heavy atom. The van der Waals surface area contributed by atoms with Crippen molar-refractivity contribution in [3.8, 4) is 0 Å². The fourth-order valence-corrected chi connectivity index (χ4v) is 1.51. The fraction of sp³-hybridized carbons (Fsp3) is 0.750. The van der Waals surface area contributed by atoms with Crippen molar-refractivity contribution in [2.24, 2.45) is 5.92 Å². The Hall–Kier alpha value is -0.830. The van der Waals surface area contributed by atoms with Crippen LogP contribution in [0.1, 0.15) is 27.2 Å². The summed E-state index contributed by atoms with van der Waals surface area (Å²) >= 11 is 0. The number of rotatable bonds is 4. The maximum atomic E-state index is 11.9. The van der Waals surface area contributed by atoms with Crippen molar-refractivity contribution in [3.63, 3.8) is 0 Å². The Bertz CT molecular complexity index is 263. The summed E-state index contributed by atoms with van der Waals surface area (Å²) in [5, 5.41) is 3.16. The topological polar surface area (TPSA) is 32.3 Å². The van der Waals surface area contributed by atoms with Gasteiger partial charge in [0.15, 0.2) is 0 Å². The van der Waals surface area contributed by atoms with E-state index in [9.17, 15) is 4.79 Å². The standard InChI is InChI=1S/C12H22N2O/c1-9(2)5-6-14(4)12(15)10(3)11-7-13-8-11/h9,13H,5-8H2,1-4H3. The van der Waals surface area contributed by atoms with Gasteiger partial charge in [-0.1, -0.05) is 13.8 Å². The highest BCUT2D eigenvalue weighted by atomic mass is 16.2. The molecule has 15 heavy (non-hydrogen) atoms. The molecule has 1 rings (SSSR count). The Morgan fingerprint density at radius 2 is 2.07 bits per heavy atom. The van der Waals surface area contributed by atoms with E-state index in [4.69, 9.17) is 0 Å². The van der Waals surface area contributed by atoms with Gasteiger partial charge in [-0.05, 0) is 24.8 Å². The molecule has 0 aromatic carbocycles. The first-order valence-corrected chi connectivity index (χ1v) is 5.67. The quantitative estimate of drug-likeness (QED) is 0.712. The van der Waals surface area contributed by atoms with Crippen LogP contribution in [0, 0.1) is 5.92 Å². The smallest absolute Gasteiger partial charge is 0.249 e. The molecule has 0 radical (unpaired) electrons. The summed E-state index contributed by atoms with van der Waals surface area (Å²) in [7, 11) is 1.89. The molecule has 0 unspecified atom stereocenters. The van der Waals surface area contributed by atoms with Crippen LogP contribution in [0.15, 0.2) is 11.1 Å². The van der Waals surface area contributed by atoms with Crippen LogP contribution in [0.25, 0.3) is 0 Å². The van der Waals surface area contributed by atoms with E-state index < -0.39 is 0 Å². The molecule has 0 aliphatic carbocycles. The molecule has 1 heterocycles. The van der Waals surface area contributed by atoms with E-state index in [-0.39, 0.29) is 5.91 Å². The zero-order chi connectivity index (χ0) is 11.4.